The number of nitrogens with zero attached hydrogens (tertiary/aromatic N) is 6. The molecule has 4 aromatic heterocycles. The van der Waals surface area contributed by atoms with Gasteiger partial charge in [0.1, 0.15) is 42.4 Å². The fourth-order valence-electron chi connectivity index (χ4n) is 5.12. The number of thiol groups is 2. The Balaban J connectivity index is 1.24. The number of rotatable bonds is 9. The Bertz CT molecular complexity index is 1830. The number of hydrogen-bond donors (Lipinski definition) is 6. The van der Waals surface area contributed by atoms with Crippen LogP contribution >= 0.6 is 37.2 Å². The summed E-state index contributed by atoms with van der Waals surface area (Å²) < 4.78 is 39.0. The van der Waals surface area contributed by atoms with E-state index in [1.807, 2.05) is 0 Å². The molecule has 0 radical (unpaired) electrons. The van der Waals surface area contributed by atoms with Crippen molar-refractivity contribution < 1.29 is 28.2 Å². The number of H-pyrrole nitrogens is 2. The third-order valence-electron chi connectivity index (χ3n) is 7.02. The van der Waals surface area contributed by atoms with Crippen molar-refractivity contribution in [1.82, 2.24) is 39.0 Å². The molecule has 0 saturated carbocycles. The van der Waals surface area contributed by atoms with E-state index in [2.05, 4.69) is 42.2 Å². The predicted octanol–water partition coefficient (Wildman–Crippen LogP) is 0.999. The van der Waals surface area contributed by atoms with Gasteiger partial charge in [0, 0.05) is 6.42 Å². The van der Waals surface area contributed by atoms with Crippen molar-refractivity contribution in [3.63, 3.8) is 0 Å². The van der Waals surface area contributed by atoms with Crippen LogP contribution < -0.4 is 16.9 Å². The van der Waals surface area contributed by atoms with Crippen molar-refractivity contribution in [2.24, 2.45) is 0 Å². The van der Waals surface area contributed by atoms with Gasteiger partial charge in [0.15, 0.2) is 22.3 Å². The molecular formula is C20H24N9O8P2S3+. The Hall–Kier alpha value is -2.25. The van der Waals surface area contributed by atoms with Gasteiger partial charge >= 0.3 is 7.23 Å². The standard InChI is InChI=1S/C20H23N9O8P2S3/c21-20-26-16-14(18(32)27-20)25-7-29(16)19-11(1-8(3-30)35-19)39(41,42)34-4-10-9(37-38(33)40)2-12(36-10)28-6-24-13-15(28)22-5-23-17(13)31/h5-12,19,30H,1-4H2,(H5-,21,22,23,26,27,31,32,33,40,41,42)/p+1/t8-,9-,10+,11+,12+,19+/m0/s1. The van der Waals surface area contributed by atoms with Gasteiger partial charge in [-0.05, 0) is 11.0 Å². The predicted molar refractivity (Wildman–Crippen MR) is 159 cm³/mol. The molecule has 0 spiro atoms. The smallest absolute Gasteiger partial charge is 0.394 e. The van der Waals surface area contributed by atoms with E-state index in [0.29, 0.717) is 12.1 Å². The monoisotopic (exact) mass is 676 g/mol. The molecule has 5 N–H and O–H groups in total. The number of anilines is 1. The molecule has 22 heteroatoms. The molecule has 2 aliphatic rings. The molecular weight excluding hydrogens is 652 g/mol. The number of nitrogens with two attached hydrogens (primary N) is 1. The highest BCUT2D eigenvalue weighted by Crippen LogP contribution is 2.64. The molecule has 6 heterocycles. The summed E-state index contributed by atoms with van der Waals surface area (Å²) in [6.45, 7) is -0.380. The molecule has 0 aliphatic carbocycles. The van der Waals surface area contributed by atoms with Gasteiger partial charge < -0.3 is 29.8 Å². The van der Waals surface area contributed by atoms with Gasteiger partial charge in [-0.1, -0.05) is 11.8 Å². The number of ether oxygens (including phenoxy) is 2. The number of imidazole rings is 2. The Morgan fingerprint density at radius 1 is 1.17 bits per heavy atom. The first-order chi connectivity index (χ1) is 20.1. The summed E-state index contributed by atoms with van der Waals surface area (Å²) in [5.41, 5.74) is 1.94. The summed E-state index contributed by atoms with van der Waals surface area (Å²) in [6, 6.07) is 0. The van der Waals surface area contributed by atoms with Gasteiger partial charge in [-0.25, -0.2) is 15.0 Å². The van der Waals surface area contributed by atoms with Crippen LogP contribution in [-0.2, 0) is 34.9 Å². The fraction of sp³-hybridized carbons (Fsp3) is 0.500. The third kappa shape index (κ3) is 5.56. The maximum absolute atomic E-state index is 12.3. The number of aliphatic hydroxyl groups excluding tert-OH is 1. The molecule has 0 amide bonds. The molecule has 42 heavy (non-hydrogen) atoms. The van der Waals surface area contributed by atoms with Crippen molar-refractivity contribution in [2.45, 2.75) is 49.3 Å². The summed E-state index contributed by atoms with van der Waals surface area (Å²) in [4.78, 5) is 46.0. The van der Waals surface area contributed by atoms with Crippen LogP contribution in [0.1, 0.15) is 25.3 Å². The SMILES string of the molecule is Nc1nc2c(ncn2[C@@H]2O[C@H](CO)C[C@H]2P(=S)(S)OC[C@H]2O[C@@H](n3cnc4c(=O)[nH]cnc43)C[C@@H]2O[P+](=O)S)c(=O)[nH]1. The number of fused-ring (bicyclic) bond motifs is 2. The minimum absolute atomic E-state index is 0.0575. The van der Waals surface area contributed by atoms with Crippen molar-refractivity contribution >= 4 is 77.3 Å². The molecule has 8 atom stereocenters. The van der Waals surface area contributed by atoms with E-state index in [1.165, 1.54) is 23.5 Å². The first-order valence-electron chi connectivity index (χ1n) is 12.4. The van der Waals surface area contributed by atoms with Crippen LogP contribution in [0.2, 0.25) is 0 Å². The van der Waals surface area contributed by atoms with Crippen LogP contribution in [-0.4, -0.2) is 81.3 Å². The molecule has 17 nitrogen and oxygen atoms in total. The summed E-state index contributed by atoms with van der Waals surface area (Å²) in [5.74, 6) is -0.101. The van der Waals surface area contributed by atoms with E-state index in [4.69, 9.17) is 48.3 Å². The van der Waals surface area contributed by atoms with E-state index in [0.717, 1.165) is 0 Å². The molecule has 224 valence electrons. The zero-order chi connectivity index (χ0) is 29.8. The molecule has 6 rings (SSSR count). The number of aliphatic hydroxyl groups is 1. The zero-order valence-electron chi connectivity index (χ0n) is 21.3. The van der Waals surface area contributed by atoms with E-state index in [1.54, 1.807) is 4.57 Å². The first kappa shape index (κ1) is 29.8. The molecule has 0 bridgehead atoms. The Morgan fingerprint density at radius 2 is 1.90 bits per heavy atom. The van der Waals surface area contributed by atoms with Gasteiger partial charge in [0.05, 0.1) is 44.0 Å². The number of nitrogens with one attached hydrogen (secondary N) is 2. The largest absolute Gasteiger partial charge is 0.582 e. The van der Waals surface area contributed by atoms with Crippen LogP contribution in [0.5, 0.6) is 0 Å². The maximum Gasteiger partial charge on any atom is 0.582 e. The zero-order valence-corrected chi connectivity index (χ0v) is 25.7. The van der Waals surface area contributed by atoms with Gasteiger partial charge in [0.2, 0.25) is 5.95 Å². The second kappa shape index (κ2) is 11.7. The summed E-state index contributed by atoms with van der Waals surface area (Å²) in [7, 11) is -2.29. The molecule has 2 unspecified atom stereocenters. The van der Waals surface area contributed by atoms with E-state index in [9.17, 15) is 19.3 Å². The lowest BCUT2D eigenvalue weighted by atomic mass is 10.2. The molecule has 2 fully saturated rings. The van der Waals surface area contributed by atoms with E-state index < -0.39 is 60.2 Å². The highest BCUT2D eigenvalue weighted by atomic mass is 32.9. The van der Waals surface area contributed by atoms with Crippen molar-refractivity contribution in [2.75, 3.05) is 18.9 Å². The maximum atomic E-state index is 12.3. The number of aromatic nitrogens is 8. The molecule has 2 aliphatic heterocycles. The van der Waals surface area contributed by atoms with Crippen LogP contribution in [0.15, 0.2) is 28.6 Å². The second-order valence-electron chi connectivity index (χ2n) is 9.57. The number of nitrogen functional groups attached to an aromatic ring is 1. The topological polar surface area (TPSA) is 227 Å². The van der Waals surface area contributed by atoms with Crippen LogP contribution in [0.25, 0.3) is 22.3 Å². The highest BCUT2D eigenvalue weighted by Gasteiger charge is 2.47. The van der Waals surface area contributed by atoms with Crippen LogP contribution in [0.3, 0.4) is 0 Å². The van der Waals surface area contributed by atoms with Gasteiger partial charge in [-0.15, -0.1) is 16.8 Å². The highest BCUT2D eigenvalue weighted by molar-refractivity contribution is 8.62. The minimum Gasteiger partial charge on any atom is -0.394 e. The number of aromatic amines is 2. The average molecular weight is 677 g/mol. The molecule has 0 aromatic carbocycles. The van der Waals surface area contributed by atoms with Crippen molar-refractivity contribution in [3.8, 4) is 0 Å². The van der Waals surface area contributed by atoms with Crippen LogP contribution in [0.4, 0.5) is 5.95 Å². The van der Waals surface area contributed by atoms with E-state index >= 15 is 0 Å². The Morgan fingerprint density at radius 3 is 2.64 bits per heavy atom. The number of hydrogen-bond acceptors (Lipinski definition) is 14. The summed E-state index contributed by atoms with van der Waals surface area (Å²) in [6.07, 6.45) is 1.08. The quantitative estimate of drug-likeness (QED) is 0.107. The normalized spacial score (nSPS) is 28.0. The van der Waals surface area contributed by atoms with Crippen LogP contribution in [0, 0.1) is 0 Å². The summed E-state index contributed by atoms with van der Waals surface area (Å²) in [5, 5.41) is 9.87. The Kier molecular flexibility index (Phi) is 8.29. The van der Waals surface area contributed by atoms with Gasteiger partial charge in [-0.3, -0.25) is 23.7 Å². The van der Waals surface area contributed by atoms with Crippen molar-refractivity contribution in [3.05, 3.63) is 39.7 Å². The lowest BCUT2D eigenvalue weighted by molar-refractivity contribution is -0.0323. The minimum atomic E-state index is -3.03. The first-order valence-corrected chi connectivity index (χ1v) is 18.7. The van der Waals surface area contributed by atoms with E-state index in [-0.39, 0.29) is 42.3 Å². The summed E-state index contributed by atoms with van der Waals surface area (Å²) >= 11 is 14.5. The molecule has 4 aromatic rings. The lowest BCUT2D eigenvalue weighted by Gasteiger charge is -2.29. The Labute approximate surface area is 251 Å². The molecule has 2 saturated heterocycles. The van der Waals surface area contributed by atoms with Gasteiger partial charge in [0.25, 0.3) is 11.1 Å². The van der Waals surface area contributed by atoms with Gasteiger partial charge in [-0.2, -0.15) is 4.98 Å². The third-order valence-corrected chi connectivity index (χ3v) is 11.9. The fourth-order valence-corrected chi connectivity index (χ4v) is 9.10. The lowest BCUT2D eigenvalue weighted by Crippen LogP contribution is -2.28. The average Bonchev–Trinajstić information content (AvgIpc) is 3.71. The second-order valence-corrected chi connectivity index (χ2v) is 17.5. The van der Waals surface area contributed by atoms with Crippen molar-refractivity contribution in [1.29, 1.82) is 0 Å².